The smallest absolute Gasteiger partial charge is 0.250 e. The van der Waals surface area contributed by atoms with Crippen molar-refractivity contribution in [1.82, 2.24) is 20.0 Å². The molecular formula is C21H16FN5OS2. The Morgan fingerprint density at radius 1 is 1.07 bits per heavy atom. The molecule has 150 valence electrons. The summed E-state index contributed by atoms with van der Waals surface area (Å²) in [6, 6.07) is 17.7. The highest BCUT2D eigenvalue weighted by Gasteiger charge is 2.11. The van der Waals surface area contributed by atoms with E-state index in [-0.39, 0.29) is 17.5 Å². The average molecular weight is 438 g/mol. The van der Waals surface area contributed by atoms with Gasteiger partial charge in [0.25, 0.3) is 5.91 Å². The summed E-state index contributed by atoms with van der Waals surface area (Å²) in [5, 5.41) is 6.77. The number of carbonyl (C=O) groups excluding carboxylic acids is 1. The number of amides is 1. The van der Waals surface area contributed by atoms with Gasteiger partial charge in [0.05, 0.1) is 11.4 Å². The minimum atomic E-state index is -0.294. The van der Waals surface area contributed by atoms with Crippen LogP contribution in [0.1, 0.15) is 0 Å². The lowest BCUT2D eigenvalue weighted by molar-refractivity contribution is -0.118. The summed E-state index contributed by atoms with van der Waals surface area (Å²) in [6.45, 7) is 0. The van der Waals surface area contributed by atoms with Gasteiger partial charge < -0.3 is 0 Å². The SMILES string of the molecule is O=C(CSc1ncccn1)N/N=c1/scc(-c2ccc(F)cc2)n1-c1ccccc1. The van der Waals surface area contributed by atoms with Crippen LogP contribution in [0, 0.1) is 5.82 Å². The highest BCUT2D eigenvalue weighted by Crippen LogP contribution is 2.23. The molecule has 0 saturated carbocycles. The molecule has 0 aliphatic carbocycles. The van der Waals surface area contributed by atoms with Crippen molar-refractivity contribution in [1.29, 1.82) is 0 Å². The van der Waals surface area contributed by atoms with Crippen LogP contribution in [0.25, 0.3) is 16.9 Å². The molecule has 0 bridgehead atoms. The van der Waals surface area contributed by atoms with Gasteiger partial charge in [0.15, 0.2) is 5.16 Å². The number of hydrogen-bond donors (Lipinski definition) is 1. The van der Waals surface area contributed by atoms with Crippen molar-refractivity contribution in [2.45, 2.75) is 5.16 Å². The summed E-state index contributed by atoms with van der Waals surface area (Å²) in [5.74, 6) is -0.407. The molecule has 6 nitrogen and oxygen atoms in total. The molecule has 0 fully saturated rings. The fourth-order valence-electron chi connectivity index (χ4n) is 2.67. The molecule has 4 aromatic rings. The summed E-state index contributed by atoms with van der Waals surface area (Å²) in [7, 11) is 0. The van der Waals surface area contributed by atoms with E-state index in [1.165, 1.54) is 35.2 Å². The number of nitrogens with zero attached hydrogens (tertiary/aromatic N) is 4. The molecule has 2 aromatic carbocycles. The van der Waals surface area contributed by atoms with Crippen LogP contribution in [0.5, 0.6) is 0 Å². The van der Waals surface area contributed by atoms with Crippen LogP contribution in [0.4, 0.5) is 4.39 Å². The van der Waals surface area contributed by atoms with E-state index >= 15 is 0 Å². The Bertz CT molecular complexity index is 1190. The number of para-hydroxylation sites is 1. The molecule has 0 unspecified atom stereocenters. The van der Waals surface area contributed by atoms with Crippen molar-refractivity contribution < 1.29 is 9.18 Å². The van der Waals surface area contributed by atoms with Crippen molar-refractivity contribution >= 4 is 29.0 Å². The number of halogens is 1. The number of benzene rings is 2. The van der Waals surface area contributed by atoms with E-state index in [1.54, 1.807) is 30.6 Å². The third kappa shape index (κ3) is 4.81. The Hall–Kier alpha value is -3.30. The van der Waals surface area contributed by atoms with Gasteiger partial charge in [0.2, 0.25) is 4.80 Å². The van der Waals surface area contributed by atoms with E-state index < -0.39 is 0 Å². The van der Waals surface area contributed by atoms with Crippen LogP contribution >= 0.6 is 23.1 Å². The Kier molecular flexibility index (Phi) is 6.31. The fraction of sp³-hybridized carbons (Fsp3) is 0.0476. The molecule has 0 atom stereocenters. The normalized spacial score (nSPS) is 11.4. The molecule has 2 heterocycles. The van der Waals surface area contributed by atoms with E-state index in [0.717, 1.165) is 16.9 Å². The number of aromatic nitrogens is 3. The van der Waals surface area contributed by atoms with Gasteiger partial charge in [-0.3, -0.25) is 9.36 Å². The second-order valence-electron chi connectivity index (χ2n) is 6.05. The van der Waals surface area contributed by atoms with Crippen LogP contribution in [0.3, 0.4) is 0 Å². The standard InChI is InChI=1S/C21H16FN5OS2/c22-16-9-7-15(8-10-16)18-13-30-21(27(18)17-5-2-1-3-6-17)26-25-19(28)14-29-20-23-11-4-12-24-20/h1-13H,14H2,(H,25,28)/b26-21+. The van der Waals surface area contributed by atoms with Crippen molar-refractivity contribution in [3.63, 3.8) is 0 Å². The lowest BCUT2D eigenvalue weighted by Crippen LogP contribution is -2.25. The Morgan fingerprint density at radius 3 is 2.53 bits per heavy atom. The van der Waals surface area contributed by atoms with E-state index in [9.17, 15) is 9.18 Å². The Balaban J connectivity index is 1.61. The van der Waals surface area contributed by atoms with Gasteiger partial charge in [-0.2, -0.15) is 0 Å². The number of hydrogen-bond acceptors (Lipinski definition) is 6. The van der Waals surface area contributed by atoms with E-state index in [1.807, 2.05) is 40.3 Å². The fourth-order valence-corrected chi connectivity index (χ4v) is 4.13. The molecule has 1 amide bonds. The molecule has 30 heavy (non-hydrogen) atoms. The number of thiazole rings is 1. The number of nitrogens with one attached hydrogen (secondary N) is 1. The van der Waals surface area contributed by atoms with Crippen molar-refractivity contribution in [2.24, 2.45) is 5.10 Å². The predicted molar refractivity (Wildman–Crippen MR) is 116 cm³/mol. The van der Waals surface area contributed by atoms with Gasteiger partial charge in [-0.15, -0.1) is 16.4 Å². The minimum absolute atomic E-state index is 0.148. The van der Waals surface area contributed by atoms with Crippen LogP contribution in [-0.2, 0) is 4.79 Å². The maximum absolute atomic E-state index is 13.4. The number of rotatable bonds is 6. The van der Waals surface area contributed by atoms with Gasteiger partial charge in [-0.1, -0.05) is 30.0 Å². The second-order valence-corrected chi connectivity index (χ2v) is 7.83. The highest BCUT2D eigenvalue weighted by atomic mass is 32.2. The first kappa shape index (κ1) is 20.0. The van der Waals surface area contributed by atoms with Gasteiger partial charge >= 0.3 is 0 Å². The molecule has 2 aromatic heterocycles. The summed E-state index contributed by atoms with van der Waals surface area (Å²) in [6.07, 6.45) is 3.26. The zero-order chi connectivity index (χ0) is 20.8. The zero-order valence-electron chi connectivity index (χ0n) is 15.6. The second kappa shape index (κ2) is 9.47. The van der Waals surface area contributed by atoms with Crippen LogP contribution < -0.4 is 10.2 Å². The van der Waals surface area contributed by atoms with Gasteiger partial charge in [-0.05, 0) is 48.0 Å². The molecule has 0 aliphatic rings. The van der Waals surface area contributed by atoms with Crippen LogP contribution in [0.2, 0.25) is 0 Å². The van der Waals surface area contributed by atoms with Crippen LogP contribution in [0.15, 0.2) is 88.7 Å². The predicted octanol–water partition coefficient (Wildman–Crippen LogP) is 3.86. The first-order valence-electron chi connectivity index (χ1n) is 8.95. The first-order chi connectivity index (χ1) is 14.7. The highest BCUT2D eigenvalue weighted by molar-refractivity contribution is 7.99. The molecule has 0 spiro atoms. The quantitative estimate of drug-likeness (QED) is 0.282. The summed E-state index contributed by atoms with van der Waals surface area (Å²) < 4.78 is 15.3. The lowest BCUT2D eigenvalue weighted by Gasteiger charge is -2.09. The molecule has 1 N–H and O–H groups in total. The van der Waals surface area contributed by atoms with Crippen molar-refractivity contribution in [3.8, 4) is 16.9 Å². The Labute approximate surface area is 180 Å². The average Bonchev–Trinajstić information content (AvgIpc) is 3.22. The molecule has 0 radical (unpaired) electrons. The van der Waals surface area contributed by atoms with Crippen LogP contribution in [-0.4, -0.2) is 26.2 Å². The summed E-state index contributed by atoms with van der Waals surface area (Å²) >= 11 is 2.62. The lowest BCUT2D eigenvalue weighted by atomic mass is 10.1. The first-order valence-corrected chi connectivity index (χ1v) is 10.8. The molecule has 0 saturated heterocycles. The van der Waals surface area contributed by atoms with Gasteiger partial charge in [0, 0.05) is 23.5 Å². The molecule has 4 rings (SSSR count). The van der Waals surface area contributed by atoms with Gasteiger partial charge in [0.1, 0.15) is 5.82 Å². The van der Waals surface area contributed by atoms with E-state index in [4.69, 9.17) is 0 Å². The van der Waals surface area contributed by atoms with E-state index in [0.29, 0.717) is 9.96 Å². The molecular weight excluding hydrogens is 421 g/mol. The summed E-state index contributed by atoms with van der Waals surface area (Å²) in [5.41, 5.74) is 5.18. The monoisotopic (exact) mass is 437 g/mol. The topological polar surface area (TPSA) is 72.2 Å². The van der Waals surface area contributed by atoms with Gasteiger partial charge in [-0.25, -0.2) is 19.8 Å². The zero-order valence-corrected chi connectivity index (χ0v) is 17.2. The summed E-state index contributed by atoms with van der Waals surface area (Å²) in [4.78, 5) is 21.0. The molecule has 9 heteroatoms. The third-order valence-corrected chi connectivity index (χ3v) is 5.71. The maximum Gasteiger partial charge on any atom is 0.250 e. The molecule has 0 aliphatic heterocycles. The van der Waals surface area contributed by atoms with E-state index in [2.05, 4.69) is 20.5 Å². The maximum atomic E-state index is 13.4. The number of thioether (sulfide) groups is 1. The number of carbonyl (C=O) groups is 1. The van der Waals surface area contributed by atoms with Crippen molar-refractivity contribution in [2.75, 3.05) is 5.75 Å². The Morgan fingerprint density at radius 2 is 1.80 bits per heavy atom. The van der Waals surface area contributed by atoms with Crippen molar-refractivity contribution in [3.05, 3.63) is 89.1 Å². The largest absolute Gasteiger partial charge is 0.284 e. The minimum Gasteiger partial charge on any atom is -0.284 e. The third-order valence-electron chi connectivity index (χ3n) is 4.01.